The molecule has 1 aromatic heterocycles. The number of aromatic nitrogens is 2. The van der Waals surface area contributed by atoms with Gasteiger partial charge in [-0.1, -0.05) is 11.6 Å². The molecule has 94 valence electrons. The van der Waals surface area contributed by atoms with Gasteiger partial charge >= 0.3 is 0 Å². The Hall–Kier alpha value is -1.20. The zero-order chi connectivity index (χ0) is 13.1. The highest BCUT2D eigenvalue weighted by Crippen LogP contribution is 2.09. The van der Waals surface area contributed by atoms with E-state index in [0.717, 1.165) is 0 Å². The van der Waals surface area contributed by atoms with Crippen LogP contribution in [-0.2, 0) is 4.79 Å². The van der Waals surface area contributed by atoms with Gasteiger partial charge in [0, 0.05) is 11.2 Å². The molecular weight excluding hydrogens is 240 g/mol. The van der Waals surface area contributed by atoms with Crippen molar-refractivity contribution in [3.63, 3.8) is 0 Å². The van der Waals surface area contributed by atoms with Gasteiger partial charge in [0.2, 0.25) is 11.9 Å². The minimum atomic E-state index is -0.193. The molecule has 6 heteroatoms. The lowest BCUT2D eigenvalue weighted by Gasteiger charge is -2.19. The van der Waals surface area contributed by atoms with Crippen molar-refractivity contribution in [3.8, 4) is 0 Å². The predicted octanol–water partition coefficient (Wildman–Crippen LogP) is 1.77. The molecule has 0 aliphatic heterocycles. The Morgan fingerprint density at radius 2 is 2.06 bits per heavy atom. The number of anilines is 1. The van der Waals surface area contributed by atoms with Crippen LogP contribution in [0.1, 0.15) is 26.5 Å². The van der Waals surface area contributed by atoms with Crippen molar-refractivity contribution in [2.75, 3.05) is 11.9 Å². The molecule has 0 saturated carbocycles. The normalized spacial score (nSPS) is 11.4. The summed E-state index contributed by atoms with van der Waals surface area (Å²) in [5, 5.41) is 5.97. The molecule has 1 heterocycles. The van der Waals surface area contributed by atoms with Gasteiger partial charge in [-0.15, -0.1) is 0 Å². The average Bonchev–Trinajstić information content (AvgIpc) is 2.11. The number of amides is 1. The third kappa shape index (κ3) is 5.60. The van der Waals surface area contributed by atoms with E-state index < -0.39 is 0 Å². The van der Waals surface area contributed by atoms with E-state index in [9.17, 15) is 4.79 Å². The van der Waals surface area contributed by atoms with Gasteiger partial charge in [-0.05, 0) is 33.8 Å². The summed E-state index contributed by atoms with van der Waals surface area (Å²) in [7, 11) is 0. The summed E-state index contributed by atoms with van der Waals surface area (Å²) in [6.07, 6.45) is 0. The largest absolute Gasteiger partial charge is 0.304 e. The smallest absolute Gasteiger partial charge is 0.240 e. The van der Waals surface area contributed by atoms with Crippen LogP contribution in [0.5, 0.6) is 0 Å². The number of aryl methyl sites for hydroxylation is 1. The zero-order valence-corrected chi connectivity index (χ0v) is 11.2. The van der Waals surface area contributed by atoms with E-state index in [1.165, 1.54) is 0 Å². The lowest BCUT2D eigenvalue weighted by atomic mass is 10.1. The van der Waals surface area contributed by atoms with Crippen LogP contribution in [0.2, 0.25) is 5.15 Å². The number of carbonyl (C=O) groups excluding carboxylic acids is 1. The first-order valence-corrected chi connectivity index (χ1v) is 5.70. The van der Waals surface area contributed by atoms with E-state index in [2.05, 4.69) is 20.6 Å². The van der Waals surface area contributed by atoms with Gasteiger partial charge in [0.1, 0.15) is 5.15 Å². The molecule has 0 aromatic carbocycles. The predicted molar refractivity (Wildman–Crippen MR) is 68.2 cm³/mol. The van der Waals surface area contributed by atoms with Crippen LogP contribution in [0, 0.1) is 6.92 Å². The number of nitrogens with zero attached hydrogens (tertiary/aromatic N) is 2. The number of rotatable bonds is 3. The topological polar surface area (TPSA) is 66.9 Å². The maximum Gasteiger partial charge on any atom is 0.240 e. The first kappa shape index (κ1) is 13.9. The number of carbonyl (C=O) groups is 1. The quantitative estimate of drug-likeness (QED) is 0.809. The fourth-order valence-corrected chi connectivity index (χ4v) is 1.34. The van der Waals surface area contributed by atoms with Crippen molar-refractivity contribution in [2.24, 2.45) is 0 Å². The molecule has 1 rings (SSSR count). The van der Waals surface area contributed by atoms with Crippen molar-refractivity contribution < 1.29 is 4.79 Å². The van der Waals surface area contributed by atoms with E-state index in [4.69, 9.17) is 11.6 Å². The fraction of sp³-hybridized carbons (Fsp3) is 0.545. The summed E-state index contributed by atoms with van der Waals surface area (Å²) >= 11 is 5.77. The minimum absolute atomic E-state index is 0.109. The zero-order valence-electron chi connectivity index (χ0n) is 10.5. The lowest BCUT2D eigenvalue weighted by molar-refractivity contribution is -0.115. The number of hydrogen-bond acceptors (Lipinski definition) is 4. The summed E-state index contributed by atoms with van der Waals surface area (Å²) < 4.78 is 0. The van der Waals surface area contributed by atoms with Gasteiger partial charge in [-0.3, -0.25) is 10.1 Å². The fourth-order valence-electron chi connectivity index (χ4n) is 1.10. The van der Waals surface area contributed by atoms with Gasteiger partial charge in [0.25, 0.3) is 0 Å². The monoisotopic (exact) mass is 256 g/mol. The number of nitrogens with one attached hydrogen (secondary N) is 2. The molecule has 2 N–H and O–H groups in total. The Kier molecular flexibility index (Phi) is 4.42. The van der Waals surface area contributed by atoms with Crippen LogP contribution in [0.15, 0.2) is 6.07 Å². The molecule has 1 amide bonds. The molecule has 0 aliphatic carbocycles. The maximum atomic E-state index is 11.6. The summed E-state index contributed by atoms with van der Waals surface area (Å²) in [6, 6.07) is 1.63. The second-order valence-corrected chi connectivity index (χ2v) is 5.19. The van der Waals surface area contributed by atoms with Crippen molar-refractivity contribution in [2.45, 2.75) is 33.2 Å². The van der Waals surface area contributed by atoms with Crippen LogP contribution in [0.3, 0.4) is 0 Å². The van der Waals surface area contributed by atoms with Gasteiger partial charge in [-0.25, -0.2) is 9.97 Å². The van der Waals surface area contributed by atoms with Crippen LogP contribution in [0.4, 0.5) is 5.95 Å². The molecule has 0 radical (unpaired) electrons. The Balaban J connectivity index is 2.56. The van der Waals surface area contributed by atoms with Gasteiger partial charge in [0.05, 0.1) is 6.54 Å². The van der Waals surface area contributed by atoms with Gasteiger partial charge < -0.3 is 5.32 Å². The van der Waals surface area contributed by atoms with Crippen LogP contribution < -0.4 is 10.6 Å². The number of halogens is 1. The molecule has 0 saturated heterocycles. The molecule has 0 fully saturated rings. The van der Waals surface area contributed by atoms with E-state index in [-0.39, 0.29) is 23.9 Å². The molecule has 0 unspecified atom stereocenters. The van der Waals surface area contributed by atoms with E-state index in [1.54, 1.807) is 13.0 Å². The molecule has 1 aromatic rings. The van der Waals surface area contributed by atoms with Crippen molar-refractivity contribution in [3.05, 3.63) is 16.9 Å². The molecule has 0 spiro atoms. The van der Waals surface area contributed by atoms with Crippen LogP contribution in [0.25, 0.3) is 0 Å². The summed E-state index contributed by atoms with van der Waals surface area (Å²) in [5.41, 5.74) is 0.603. The standard InChI is InChI=1S/C11H17ClN4O/c1-7-5-8(12)15-10(14-7)16-9(17)6-13-11(2,3)4/h5,13H,6H2,1-4H3,(H,14,15,16,17). The molecule has 17 heavy (non-hydrogen) atoms. The van der Waals surface area contributed by atoms with Crippen molar-refractivity contribution in [1.29, 1.82) is 0 Å². The first-order chi connectivity index (χ1) is 7.76. The van der Waals surface area contributed by atoms with Crippen LogP contribution >= 0.6 is 11.6 Å². The highest BCUT2D eigenvalue weighted by atomic mass is 35.5. The van der Waals surface area contributed by atoms with E-state index >= 15 is 0 Å². The Bertz CT molecular complexity index is 394. The van der Waals surface area contributed by atoms with E-state index in [0.29, 0.717) is 10.8 Å². The van der Waals surface area contributed by atoms with Gasteiger partial charge in [-0.2, -0.15) is 0 Å². The average molecular weight is 257 g/mol. The molecule has 0 bridgehead atoms. The maximum absolute atomic E-state index is 11.6. The third-order valence-electron chi connectivity index (χ3n) is 1.85. The number of hydrogen-bond donors (Lipinski definition) is 2. The Morgan fingerprint density at radius 1 is 1.41 bits per heavy atom. The van der Waals surface area contributed by atoms with E-state index in [1.807, 2.05) is 20.8 Å². The molecular formula is C11H17ClN4O. The highest BCUT2D eigenvalue weighted by Gasteiger charge is 2.12. The van der Waals surface area contributed by atoms with Crippen LogP contribution in [-0.4, -0.2) is 28.0 Å². The Labute approximate surface area is 106 Å². The van der Waals surface area contributed by atoms with Crippen molar-refractivity contribution >= 4 is 23.5 Å². The molecule has 0 aliphatic rings. The molecule has 0 atom stereocenters. The lowest BCUT2D eigenvalue weighted by Crippen LogP contribution is -2.41. The second-order valence-electron chi connectivity index (χ2n) is 4.81. The summed E-state index contributed by atoms with van der Waals surface area (Å²) in [6.45, 7) is 7.95. The first-order valence-electron chi connectivity index (χ1n) is 5.32. The van der Waals surface area contributed by atoms with Crippen molar-refractivity contribution in [1.82, 2.24) is 15.3 Å². The highest BCUT2D eigenvalue weighted by molar-refractivity contribution is 6.29. The summed E-state index contributed by atoms with van der Waals surface area (Å²) in [4.78, 5) is 19.6. The second kappa shape index (κ2) is 5.42. The molecule has 5 nitrogen and oxygen atoms in total. The Morgan fingerprint density at radius 3 is 2.59 bits per heavy atom. The third-order valence-corrected chi connectivity index (χ3v) is 2.05. The minimum Gasteiger partial charge on any atom is -0.304 e. The SMILES string of the molecule is Cc1cc(Cl)nc(NC(=O)CNC(C)(C)C)n1. The summed E-state index contributed by atoms with van der Waals surface area (Å²) in [5.74, 6) is 0.0392. The van der Waals surface area contributed by atoms with Gasteiger partial charge in [0.15, 0.2) is 0 Å².